The minimum absolute atomic E-state index is 0.614. The lowest BCUT2D eigenvalue weighted by molar-refractivity contribution is 0.300. The summed E-state index contributed by atoms with van der Waals surface area (Å²) in [5.41, 5.74) is 6.97. The van der Waals surface area contributed by atoms with Gasteiger partial charge < -0.3 is 11.1 Å². The van der Waals surface area contributed by atoms with E-state index in [1.807, 2.05) is 6.92 Å². The first-order chi connectivity index (χ1) is 9.60. The Bertz CT molecular complexity index is 436. The first-order valence-electron chi connectivity index (χ1n) is 7.97. The normalized spacial score (nSPS) is 22.8. The molecule has 2 rings (SSSR count). The smallest absolute Gasteiger partial charge is 0.134 e. The highest BCUT2D eigenvalue weighted by atomic mass is 15.1. The van der Waals surface area contributed by atoms with Gasteiger partial charge in [-0.05, 0) is 38.0 Å². The number of nitrogens with zero attached hydrogens (tertiary/aromatic N) is 2. The van der Waals surface area contributed by atoms with Gasteiger partial charge in [0.1, 0.15) is 17.5 Å². The lowest BCUT2D eigenvalue weighted by Gasteiger charge is -2.26. The van der Waals surface area contributed by atoms with Crippen LogP contribution in [0.15, 0.2) is 0 Å². The second-order valence-electron chi connectivity index (χ2n) is 6.26. The van der Waals surface area contributed by atoms with Crippen molar-refractivity contribution in [2.45, 2.75) is 59.3 Å². The number of anilines is 2. The third kappa shape index (κ3) is 3.84. The summed E-state index contributed by atoms with van der Waals surface area (Å²) in [6.07, 6.45) is 7.31. The molecule has 1 heterocycles. The van der Waals surface area contributed by atoms with Gasteiger partial charge in [-0.3, -0.25) is 0 Å². The van der Waals surface area contributed by atoms with Crippen LogP contribution in [0.2, 0.25) is 0 Å². The molecular formula is C16H28N4. The van der Waals surface area contributed by atoms with Crippen molar-refractivity contribution in [3.05, 3.63) is 11.4 Å². The molecule has 3 N–H and O–H groups in total. The van der Waals surface area contributed by atoms with E-state index in [2.05, 4.69) is 29.1 Å². The second-order valence-corrected chi connectivity index (χ2v) is 6.26. The van der Waals surface area contributed by atoms with Gasteiger partial charge in [0.05, 0.1) is 0 Å². The summed E-state index contributed by atoms with van der Waals surface area (Å²) < 4.78 is 0. The Balaban J connectivity index is 1.97. The molecule has 0 spiro atoms. The average Bonchev–Trinajstić information content (AvgIpc) is 2.43. The minimum atomic E-state index is 0.614. The maximum absolute atomic E-state index is 5.99. The molecule has 0 aliphatic heterocycles. The lowest BCUT2D eigenvalue weighted by atomic mass is 9.83. The fraction of sp³-hybridized carbons (Fsp3) is 0.750. The van der Waals surface area contributed by atoms with E-state index in [0.29, 0.717) is 5.82 Å². The summed E-state index contributed by atoms with van der Waals surface area (Å²) in [5, 5.41) is 3.51. The van der Waals surface area contributed by atoms with Gasteiger partial charge in [-0.25, -0.2) is 9.97 Å². The number of nitrogens with two attached hydrogens (primary N) is 1. The van der Waals surface area contributed by atoms with E-state index in [0.717, 1.165) is 48.4 Å². The molecule has 1 aromatic heterocycles. The maximum Gasteiger partial charge on any atom is 0.134 e. The highest BCUT2D eigenvalue weighted by Crippen LogP contribution is 2.28. The number of rotatable bonds is 5. The third-order valence-electron chi connectivity index (χ3n) is 4.40. The van der Waals surface area contributed by atoms with Crippen molar-refractivity contribution in [2.75, 3.05) is 17.6 Å². The van der Waals surface area contributed by atoms with Crippen molar-refractivity contribution in [1.82, 2.24) is 9.97 Å². The predicted octanol–water partition coefficient (Wildman–Crippen LogP) is 3.56. The zero-order valence-electron chi connectivity index (χ0n) is 13.1. The van der Waals surface area contributed by atoms with Crippen molar-refractivity contribution in [3.8, 4) is 0 Å². The van der Waals surface area contributed by atoms with E-state index in [1.54, 1.807) is 0 Å². The van der Waals surface area contributed by atoms with Crippen molar-refractivity contribution in [1.29, 1.82) is 0 Å². The fourth-order valence-electron chi connectivity index (χ4n) is 2.86. The van der Waals surface area contributed by atoms with Crippen molar-refractivity contribution >= 4 is 11.6 Å². The Morgan fingerprint density at radius 3 is 2.55 bits per heavy atom. The van der Waals surface area contributed by atoms with E-state index in [4.69, 9.17) is 5.73 Å². The maximum atomic E-state index is 5.99. The molecule has 1 aliphatic carbocycles. The highest BCUT2D eigenvalue weighted by Gasteiger charge is 2.18. The molecule has 0 amide bonds. The Labute approximate surface area is 122 Å². The number of hydrogen-bond donors (Lipinski definition) is 2. The second kappa shape index (κ2) is 6.91. The van der Waals surface area contributed by atoms with Crippen LogP contribution in [0.1, 0.15) is 57.3 Å². The van der Waals surface area contributed by atoms with Crippen molar-refractivity contribution in [3.63, 3.8) is 0 Å². The monoisotopic (exact) mass is 276 g/mol. The van der Waals surface area contributed by atoms with Crippen LogP contribution in [0.25, 0.3) is 0 Å². The quantitative estimate of drug-likeness (QED) is 0.863. The molecule has 0 bridgehead atoms. The largest absolute Gasteiger partial charge is 0.383 e. The van der Waals surface area contributed by atoms with Gasteiger partial charge in [0, 0.05) is 18.5 Å². The number of aromatic nitrogens is 2. The fourth-order valence-corrected chi connectivity index (χ4v) is 2.86. The molecule has 0 saturated heterocycles. The highest BCUT2D eigenvalue weighted by molar-refractivity contribution is 5.54. The summed E-state index contributed by atoms with van der Waals surface area (Å²) in [5.74, 6) is 4.08. The molecular weight excluding hydrogens is 248 g/mol. The van der Waals surface area contributed by atoms with Gasteiger partial charge in [-0.2, -0.15) is 0 Å². The van der Waals surface area contributed by atoms with Crippen LogP contribution in [0.4, 0.5) is 11.6 Å². The third-order valence-corrected chi connectivity index (χ3v) is 4.40. The number of nitrogens with one attached hydrogen (secondary N) is 1. The first-order valence-corrected chi connectivity index (χ1v) is 7.97. The molecule has 4 heteroatoms. The standard InChI is InChI=1S/C16H28N4/c1-4-5-14-19-15(17)12(3)16(20-14)18-10-13-8-6-11(2)7-9-13/h11,13H,4-10H2,1-3H3,(H3,17,18,19,20). The van der Waals surface area contributed by atoms with E-state index in [-0.39, 0.29) is 0 Å². The zero-order chi connectivity index (χ0) is 14.5. The first kappa shape index (κ1) is 15.1. The molecule has 4 nitrogen and oxygen atoms in total. The van der Waals surface area contributed by atoms with E-state index in [1.165, 1.54) is 25.7 Å². The van der Waals surface area contributed by atoms with Crippen LogP contribution in [-0.4, -0.2) is 16.5 Å². The summed E-state index contributed by atoms with van der Waals surface area (Å²) in [6.45, 7) is 7.50. The molecule has 0 atom stereocenters. The van der Waals surface area contributed by atoms with Crippen molar-refractivity contribution in [2.24, 2.45) is 11.8 Å². The van der Waals surface area contributed by atoms with Gasteiger partial charge >= 0.3 is 0 Å². The van der Waals surface area contributed by atoms with Gasteiger partial charge in [0.25, 0.3) is 0 Å². The zero-order valence-corrected chi connectivity index (χ0v) is 13.1. The molecule has 20 heavy (non-hydrogen) atoms. The van der Waals surface area contributed by atoms with Gasteiger partial charge in [0.2, 0.25) is 0 Å². The Morgan fingerprint density at radius 2 is 1.90 bits per heavy atom. The lowest BCUT2D eigenvalue weighted by Crippen LogP contribution is -2.21. The molecule has 0 unspecified atom stereocenters. The van der Waals surface area contributed by atoms with Crippen LogP contribution < -0.4 is 11.1 Å². The van der Waals surface area contributed by atoms with E-state index >= 15 is 0 Å². The SMILES string of the molecule is CCCc1nc(N)c(C)c(NCC2CCC(C)CC2)n1. The van der Waals surface area contributed by atoms with Gasteiger partial charge in [0.15, 0.2) is 0 Å². The van der Waals surface area contributed by atoms with E-state index < -0.39 is 0 Å². The Kier molecular flexibility index (Phi) is 5.21. The van der Waals surface area contributed by atoms with Gasteiger partial charge in [-0.1, -0.05) is 26.7 Å². The number of nitrogen functional groups attached to an aromatic ring is 1. The molecule has 1 aliphatic rings. The van der Waals surface area contributed by atoms with Crippen LogP contribution in [-0.2, 0) is 6.42 Å². The molecule has 0 aromatic carbocycles. The summed E-state index contributed by atoms with van der Waals surface area (Å²) in [7, 11) is 0. The summed E-state index contributed by atoms with van der Waals surface area (Å²) >= 11 is 0. The minimum Gasteiger partial charge on any atom is -0.383 e. The Morgan fingerprint density at radius 1 is 1.20 bits per heavy atom. The van der Waals surface area contributed by atoms with Crippen LogP contribution >= 0.6 is 0 Å². The molecule has 112 valence electrons. The van der Waals surface area contributed by atoms with Crippen LogP contribution in [0, 0.1) is 18.8 Å². The Hall–Kier alpha value is -1.32. The van der Waals surface area contributed by atoms with E-state index in [9.17, 15) is 0 Å². The molecule has 0 radical (unpaired) electrons. The summed E-state index contributed by atoms with van der Waals surface area (Å²) in [6, 6.07) is 0. The van der Waals surface area contributed by atoms with Crippen LogP contribution in [0.5, 0.6) is 0 Å². The van der Waals surface area contributed by atoms with Crippen LogP contribution in [0.3, 0.4) is 0 Å². The number of aryl methyl sites for hydroxylation is 1. The van der Waals surface area contributed by atoms with Crippen molar-refractivity contribution < 1.29 is 0 Å². The van der Waals surface area contributed by atoms with Gasteiger partial charge in [-0.15, -0.1) is 0 Å². The number of hydrogen-bond acceptors (Lipinski definition) is 4. The topological polar surface area (TPSA) is 63.8 Å². The summed E-state index contributed by atoms with van der Waals surface area (Å²) in [4.78, 5) is 8.97. The average molecular weight is 276 g/mol. The molecule has 1 saturated carbocycles. The molecule has 1 fully saturated rings. The molecule has 1 aromatic rings. The predicted molar refractivity (Wildman–Crippen MR) is 84.8 cm³/mol.